The van der Waals surface area contributed by atoms with E-state index in [0.717, 1.165) is 32.0 Å². The van der Waals surface area contributed by atoms with Crippen LogP contribution in [0.25, 0.3) is 0 Å². The summed E-state index contributed by atoms with van der Waals surface area (Å²) < 4.78 is 20.5. The molecule has 9 nitrogen and oxygen atoms in total. The Labute approximate surface area is 230 Å². The van der Waals surface area contributed by atoms with Crippen LogP contribution in [-0.2, 0) is 18.9 Å². The number of hydrogen-bond acceptors (Lipinski definition) is 9. The van der Waals surface area contributed by atoms with Crippen molar-refractivity contribution in [3.63, 3.8) is 0 Å². The van der Waals surface area contributed by atoms with Crippen molar-refractivity contribution in [2.75, 3.05) is 32.2 Å². The Bertz CT molecular complexity index is 1130. The average Bonchev–Trinajstić information content (AvgIpc) is 2.89. The number of carbonyl (C=O) groups is 3. The van der Waals surface area contributed by atoms with Crippen molar-refractivity contribution in [3.8, 4) is 5.75 Å². The molecule has 1 saturated carbocycles. The molecule has 212 valence electrons. The summed E-state index contributed by atoms with van der Waals surface area (Å²) in [5, 5.41) is 9.18. The molecule has 2 aromatic rings. The largest absolute Gasteiger partial charge is 0.508 e. The highest BCUT2D eigenvalue weighted by molar-refractivity contribution is 6.03. The molecule has 1 aliphatic carbocycles. The van der Waals surface area contributed by atoms with Gasteiger partial charge in [-0.1, -0.05) is 0 Å². The first kappa shape index (κ1) is 30.0. The molecule has 0 unspecified atom stereocenters. The molecule has 0 amide bonds. The number of nitrogens with zero attached hydrogens (tertiary/aromatic N) is 1. The van der Waals surface area contributed by atoms with Crippen molar-refractivity contribution < 1.29 is 38.4 Å². The first-order chi connectivity index (χ1) is 18.5. The average molecular weight is 542 g/mol. The highest BCUT2D eigenvalue weighted by atomic mass is 16.6. The van der Waals surface area contributed by atoms with E-state index in [1.807, 2.05) is 45.0 Å². The first-order valence-electron chi connectivity index (χ1n) is 13.2. The van der Waals surface area contributed by atoms with Crippen molar-refractivity contribution in [1.29, 1.82) is 0 Å². The second-order valence-corrected chi connectivity index (χ2v) is 10.6. The molecule has 39 heavy (non-hydrogen) atoms. The van der Waals surface area contributed by atoms with Gasteiger partial charge in [0.2, 0.25) is 0 Å². The number of phenolic OH excluding ortho intramolecular Hbond substituents is 1. The van der Waals surface area contributed by atoms with E-state index in [1.165, 1.54) is 51.3 Å². The topological polar surface area (TPSA) is 112 Å². The van der Waals surface area contributed by atoms with Gasteiger partial charge in [0.15, 0.2) is 0 Å². The zero-order valence-corrected chi connectivity index (χ0v) is 23.4. The van der Waals surface area contributed by atoms with Gasteiger partial charge in [-0.15, -0.1) is 0 Å². The maximum Gasteiger partial charge on any atom is 0.338 e. The number of hydrogen-bond donors (Lipinski definition) is 1. The number of anilines is 1. The van der Waals surface area contributed by atoms with Crippen LogP contribution in [0.2, 0.25) is 0 Å². The van der Waals surface area contributed by atoms with Gasteiger partial charge in [0, 0.05) is 18.8 Å². The van der Waals surface area contributed by atoms with Gasteiger partial charge in [-0.05, 0) is 95.3 Å². The summed E-state index contributed by atoms with van der Waals surface area (Å²) in [7, 11) is 2.39. The first-order valence-corrected chi connectivity index (χ1v) is 13.2. The van der Waals surface area contributed by atoms with Crippen molar-refractivity contribution in [3.05, 3.63) is 59.2 Å². The van der Waals surface area contributed by atoms with Gasteiger partial charge in [0.25, 0.3) is 0 Å². The van der Waals surface area contributed by atoms with Gasteiger partial charge in [0.05, 0.1) is 43.1 Å². The molecule has 0 spiro atoms. The Morgan fingerprint density at radius 3 is 1.87 bits per heavy atom. The van der Waals surface area contributed by atoms with Crippen LogP contribution in [0.1, 0.15) is 83.9 Å². The minimum Gasteiger partial charge on any atom is -0.508 e. The number of phenols is 1. The van der Waals surface area contributed by atoms with E-state index < -0.39 is 17.5 Å². The molecule has 2 aliphatic rings. The quantitative estimate of drug-likeness (QED) is 0.392. The molecule has 0 bridgehead atoms. The highest BCUT2D eigenvalue weighted by Gasteiger charge is 2.26. The number of ether oxygens (including phenoxy) is 4. The van der Waals surface area contributed by atoms with Gasteiger partial charge in [-0.25, -0.2) is 14.4 Å². The minimum atomic E-state index is -0.702. The van der Waals surface area contributed by atoms with E-state index in [1.54, 1.807) is 0 Å². The lowest BCUT2D eigenvalue weighted by atomic mass is 9.95. The molecule has 0 aromatic heterocycles. The number of benzene rings is 2. The number of carbonyl (C=O) groups excluding carboxylic acids is 3. The fraction of sp³-hybridized carbons (Fsp3) is 0.500. The standard InChI is InChI=1S/C20H29NO3.C10H10O5/c1-20(2,3)24-19(22)15-7-9-16(10-8-15)21-13-11-18(12-14-21)23-17-5-4-6-17;1-14-9(12)7-4-3-6(11)5-8(7)10(13)15-2/h7-10,17-18H,4-6,11-14H2,1-3H3;3-5,11H,1-2H3. The van der Waals surface area contributed by atoms with Crippen LogP contribution in [0.4, 0.5) is 5.69 Å². The third-order valence-corrected chi connectivity index (χ3v) is 6.56. The lowest BCUT2D eigenvalue weighted by Crippen LogP contribution is -2.39. The van der Waals surface area contributed by atoms with E-state index in [2.05, 4.69) is 14.4 Å². The minimum absolute atomic E-state index is 0.0237. The van der Waals surface area contributed by atoms with Gasteiger partial charge >= 0.3 is 17.9 Å². The molecule has 1 aliphatic heterocycles. The monoisotopic (exact) mass is 541 g/mol. The second-order valence-electron chi connectivity index (χ2n) is 10.6. The Hall–Kier alpha value is -3.59. The van der Waals surface area contributed by atoms with Crippen LogP contribution in [0, 0.1) is 0 Å². The number of aromatic hydroxyl groups is 1. The Balaban J connectivity index is 0.000000242. The van der Waals surface area contributed by atoms with E-state index >= 15 is 0 Å². The van der Waals surface area contributed by atoms with Crippen molar-refractivity contribution >= 4 is 23.6 Å². The molecular formula is C30H39NO8. The van der Waals surface area contributed by atoms with Crippen LogP contribution in [0.5, 0.6) is 5.75 Å². The smallest absolute Gasteiger partial charge is 0.338 e. The van der Waals surface area contributed by atoms with E-state index in [9.17, 15) is 19.5 Å². The number of methoxy groups -OCH3 is 2. The summed E-state index contributed by atoms with van der Waals surface area (Å²) in [5.41, 5.74) is 1.35. The van der Waals surface area contributed by atoms with Gasteiger partial charge in [-0.3, -0.25) is 0 Å². The molecule has 1 heterocycles. The van der Waals surface area contributed by atoms with Gasteiger partial charge in [-0.2, -0.15) is 0 Å². The summed E-state index contributed by atoms with van der Waals surface area (Å²) in [6.45, 7) is 7.69. The van der Waals surface area contributed by atoms with E-state index in [-0.39, 0.29) is 22.8 Å². The Kier molecular flexibility index (Phi) is 10.3. The predicted molar refractivity (Wildman–Crippen MR) is 146 cm³/mol. The summed E-state index contributed by atoms with van der Waals surface area (Å²) >= 11 is 0. The molecular weight excluding hydrogens is 502 g/mol. The van der Waals surface area contributed by atoms with Crippen molar-refractivity contribution in [2.45, 2.75) is 70.7 Å². The maximum absolute atomic E-state index is 12.1. The molecule has 4 rings (SSSR count). The molecule has 1 N–H and O–H groups in total. The van der Waals surface area contributed by atoms with Crippen LogP contribution in [-0.4, -0.2) is 68.1 Å². The molecule has 1 saturated heterocycles. The fourth-order valence-electron chi connectivity index (χ4n) is 4.27. The highest BCUT2D eigenvalue weighted by Crippen LogP contribution is 2.28. The van der Waals surface area contributed by atoms with Gasteiger partial charge in [0.1, 0.15) is 11.4 Å². The molecule has 2 fully saturated rings. The summed E-state index contributed by atoms with van der Waals surface area (Å²) in [6.07, 6.45) is 6.93. The third-order valence-electron chi connectivity index (χ3n) is 6.56. The summed E-state index contributed by atoms with van der Waals surface area (Å²) in [4.78, 5) is 37.0. The second kappa shape index (κ2) is 13.5. The van der Waals surface area contributed by atoms with Crippen molar-refractivity contribution in [1.82, 2.24) is 0 Å². The van der Waals surface area contributed by atoms with Crippen molar-refractivity contribution in [2.24, 2.45) is 0 Å². The van der Waals surface area contributed by atoms with Crippen LogP contribution in [0.3, 0.4) is 0 Å². The zero-order valence-electron chi connectivity index (χ0n) is 23.4. The SMILES string of the molecule is CC(C)(C)OC(=O)c1ccc(N2CCC(OC3CCC3)CC2)cc1.COC(=O)c1ccc(O)cc1C(=O)OC. The van der Waals surface area contributed by atoms with E-state index in [0.29, 0.717) is 17.8 Å². The summed E-state index contributed by atoms with van der Waals surface area (Å²) in [5.74, 6) is -1.74. The molecule has 9 heteroatoms. The lowest BCUT2D eigenvalue weighted by Gasteiger charge is -2.37. The predicted octanol–water partition coefficient (Wildman–Crippen LogP) is 5.15. The summed E-state index contributed by atoms with van der Waals surface area (Å²) in [6, 6.07) is 11.5. The Morgan fingerprint density at radius 1 is 0.795 bits per heavy atom. The van der Waals surface area contributed by atoms with Crippen LogP contribution in [0.15, 0.2) is 42.5 Å². The lowest BCUT2D eigenvalue weighted by molar-refractivity contribution is -0.0596. The number of esters is 3. The van der Waals surface area contributed by atoms with Crippen LogP contribution < -0.4 is 4.90 Å². The molecule has 0 atom stereocenters. The Morgan fingerprint density at radius 2 is 1.36 bits per heavy atom. The normalized spacial score (nSPS) is 15.9. The zero-order chi connectivity index (χ0) is 28.6. The fourth-order valence-corrected chi connectivity index (χ4v) is 4.27. The maximum atomic E-state index is 12.1. The van der Waals surface area contributed by atoms with E-state index in [4.69, 9.17) is 9.47 Å². The third kappa shape index (κ3) is 8.71. The number of piperidine rings is 1. The number of rotatable bonds is 6. The molecule has 0 radical (unpaired) electrons. The molecule has 2 aromatic carbocycles. The van der Waals surface area contributed by atoms with Gasteiger partial charge < -0.3 is 29.0 Å². The van der Waals surface area contributed by atoms with Crippen LogP contribution >= 0.6 is 0 Å².